The van der Waals surface area contributed by atoms with Gasteiger partial charge in [0.2, 0.25) is 5.91 Å². The Morgan fingerprint density at radius 2 is 2.19 bits per heavy atom. The zero-order valence-corrected chi connectivity index (χ0v) is 8.94. The van der Waals surface area contributed by atoms with Crippen molar-refractivity contribution in [3.05, 3.63) is 17.8 Å². The smallest absolute Gasteiger partial charge is 0.239 e. The van der Waals surface area contributed by atoms with Crippen molar-refractivity contribution in [2.45, 2.75) is 37.1 Å². The van der Waals surface area contributed by atoms with Crippen LogP contribution in [0, 0.1) is 0 Å². The van der Waals surface area contributed by atoms with Crippen LogP contribution in [0.3, 0.4) is 0 Å². The predicted octanol–water partition coefficient (Wildman–Crippen LogP) is 1.20. The summed E-state index contributed by atoms with van der Waals surface area (Å²) in [7, 11) is 0. The Bertz CT molecular complexity index is 503. The molecule has 1 spiro atoms. The highest BCUT2D eigenvalue weighted by molar-refractivity contribution is 6.10. The largest absolute Gasteiger partial charge is 0.397 e. The summed E-state index contributed by atoms with van der Waals surface area (Å²) in [4.78, 5) is 18.7. The van der Waals surface area contributed by atoms with Crippen molar-refractivity contribution in [1.82, 2.24) is 4.98 Å². The number of hydrogen-bond donors (Lipinski definition) is 1. The van der Waals surface area contributed by atoms with Crippen molar-refractivity contribution >= 4 is 17.4 Å². The number of anilines is 2. The summed E-state index contributed by atoms with van der Waals surface area (Å²) in [6, 6.07) is 2.35. The highest BCUT2D eigenvalue weighted by Gasteiger charge is 2.61. The summed E-state index contributed by atoms with van der Waals surface area (Å²) in [5, 5.41) is 0. The number of nitrogens with two attached hydrogens (primary N) is 1. The van der Waals surface area contributed by atoms with Gasteiger partial charge in [0, 0.05) is 11.6 Å². The lowest BCUT2D eigenvalue weighted by Crippen LogP contribution is -2.34. The van der Waals surface area contributed by atoms with Crippen LogP contribution in [-0.2, 0) is 10.2 Å². The molecule has 0 radical (unpaired) electrons. The van der Waals surface area contributed by atoms with Gasteiger partial charge in [0.05, 0.1) is 17.3 Å². The van der Waals surface area contributed by atoms with Gasteiger partial charge in [0.15, 0.2) is 0 Å². The Balaban J connectivity index is 1.93. The fraction of sp³-hybridized carbons (Fsp3) is 0.500. The molecule has 1 amide bonds. The molecule has 16 heavy (non-hydrogen) atoms. The second kappa shape index (κ2) is 2.39. The number of carbonyl (C=O) groups excluding carboxylic acids is 1. The minimum absolute atomic E-state index is 0.236. The summed E-state index contributed by atoms with van der Waals surface area (Å²) in [5.74, 6) is 1.14. The summed E-state index contributed by atoms with van der Waals surface area (Å²) in [5.41, 5.74) is 7.27. The van der Waals surface area contributed by atoms with Crippen LogP contribution in [0.1, 0.15) is 31.2 Å². The lowest BCUT2D eigenvalue weighted by Gasteiger charge is -2.15. The molecule has 3 aliphatic rings. The van der Waals surface area contributed by atoms with E-state index in [1.54, 1.807) is 6.20 Å². The molecule has 0 bridgehead atoms. The standard InChI is InChI=1S/C12H13N3O/c13-7-5-9-10(14-6-7)15(8-1-2-8)11(16)12(9)3-4-12/h5-6,8H,1-4,13H2. The number of rotatable bonds is 1. The van der Waals surface area contributed by atoms with E-state index in [1.807, 2.05) is 11.0 Å². The van der Waals surface area contributed by atoms with Gasteiger partial charge in [-0.3, -0.25) is 9.69 Å². The van der Waals surface area contributed by atoms with Crippen molar-refractivity contribution < 1.29 is 4.79 Å². The quantitative estimate of drug-likeness (QED) is 0.765. The number of amides is 1. The van der Waals surface area contributed by atoms with Gasteiger partial charge in [-0.25, -0.2) is 4.98 Å². The molecule has 0 aromatic carbocycles. The second-order valence-electron chi connectivity index (χ2n) is 5.13. The lowest BCUT2D eigenvalue weighted by molar-refractivity contribution is -0.120. The van der Waals surface area contributed by atoms with Gasteiger partial charge in [0.1, 0.15) is 5.82 Å². The molecule has 2 heterocycles. The molecule has 0 unspecified atom stereocenters. The van der Waals surface area contributed by atoms with Gasteiger partial charge in [-0.2, -0.15) is 0 Å². The zero-order chi connectivity index (χ0) is 10.9. The monoisotopic (exact) mass is 215 g/mol. The normalized spacial score (nSPS) is 25.0. The molecular weight excluding hydrogens is 202 g/mol. The number of nitrogen functional groups attached to an aromatic ring is 1. The van der Waals surface area contributed by atoms with Crippen LogP contribution in [0.2, 0.25) is 0 Å². The summed E-state index contributed by atoms with van der Waals surface area (Å²) >= 11 is 0. The zero-order valence-electron chi connectivity index (χ0n) is 8.94. The van der Waals surface area contributed by atoms with Crippen LogP contribution < -0.4 is 10.6 Å². The minimum atomic E-state index is -0.236. The molecule has 1 aliphatic heterocycles. The van der Waals surface area contributed by atoms with Crippen LogP contribution in [0.4, 0.5) is 11.5 Å². The van der Waals surface area contributed by atoms with Crippen molar-refractivity contribution in [3.63, 3.8) is 0 Å². The average molecular weight is 215 g/mol. The molecule has 0 atom stereocenters. The highest BCUT2D eigenvalue weighted by atomic mass is 16.2. The Kier molecular flexibility index (Phi) is 1.28. The predicted molar refractivity (Wildman–Crippen MR) is 60.1 cm³/mol. The van der Waals surface area contributed by atoms with Crippen LogP contribution >= 0.6 is 0 Å². The first-order valence-corrected chi connectivity index (χ1v) is 5.82. The average Bonchev–Trinajstić information content (AvgIpc) is 3.13. The van der Waals surface area contributed by atoms with Gasteiger partial charge in [0.25, 0.3) is 0 Å². The maximum atomic E-state index is 12.4. The van der Waals surface area contributed by atoms with E-state index >= 15 is 0 Å². The Morgan fingerprint density at radius 1 is 1.44 bits per heavy atom. The van der Waals surface area contributed by atoms with Crippen molar-refractivity contribution in [1.29, 1.82) is 0 Å². The lowest BCUT2D eigenvalue weighted by atomic mass is 9.99. The minimum Gasteiger partial charge on any atom is -0.397 e. The number of carbonyl (C=O) groups is 1. The van der Waals surface area contributed by atoms with E-state index in [9.17, 15) is 4.79 Å². The van der Waals surface area contributed by atoms with E-state index < -0.39 is 0 Å². The van der Waals surface area contributed by atoms with Gasteiger partial charge in [-0.1, -0.05) is 0 Å². The molecule has 4 heteroatoms. The molecule has 0 saturated heterocycles. The summed E-state index contributed by atoms with van der Waals surface area (Å²) in [6.45, 7) is 0. The maximum Gasteiger partial charge on any atom is 0.239 e. The fourth-order valence-electron chi connectivity index (χ4n) is 2.74. The third-order valence-corrected chi connectivity index (χ3v) is 3.92. The van der Waals surface area contributed by atoms with Crippen LogP contribution in [-0.4, -0.2) is 16.9 Å². The van der Waals surface area contributed by atoms with E-state index in [2.05, 4.69) is 4.98 Å². The van der Waals surface area contributed by atoms with Crippen molar-refractivity contribution in [2.24, 2.45) is 0 Å². The number of hydrogen-bond acceptors (Lipinski definition) is 3. The molecule has 4 nitrogen and oxygen atoms in total. The molecule has 4 rings (SSSR count). The highest BCUT2D eigenvalue weighted by Crippen LogP contribution is 2.58. The van der Waals surface area contributed by atoms with Gasteiger partial charge in [-0.05, 0) is 31.7 Å². The van der Waals surface area contributed by atoms with Gasteiger partial charge < -0.3 is 5.73 Å². The molecule has 2 fully saturated rings. The Labute approximate surface area is 93.4 Å². The van der Waals surface area contributed by atoms with Crippen LogP contribution in [0.25, 0.3) is 0 Å². The molecule has 1 aromatic rings. The van der Waals surface area contributed by atoms with Gasteiger partial charge in [-0.15, -0.1) is 0 Å². The summed E-state index contributed by atoms with van der Waals surface area (Å²) < 4.78 is 0. The molecule has 2 aliphatic carbocycles. The number of fused-ring (bicyclic) bond motifs is 2. The topological polar surface area (TPSA) is 59.2 Å². The molecule has 1 aromatic heterocycles. The Morgan fingerprint density at radius 3 is 2.81 bits per heavy atom. The number of pyridine rings is 1. The third kappa shape index (κ3) is 0.859. The molecular formula is C12H13N3O. The first kappa shape index (κ1) is 8.56. The van der Waals surface area contributed by atoms with Crippen molar-refractivity contribution in [2.75, 3.05) is 10.6 Å². The maximum absolute atomic E-state index is 12.4. The van der Waals surface area contributed by atoms with Gasteiger partial charge >= 0.3 is 0 Å². The van der Waals surface area contributed by atoms with Crippen molar-refractivity contribution in [3.8, 4) is 0 Å². The van der Waals surface area contributed by atoms with E-state index in [0.717, 1.165) is 37.1 Å². The van der Waals surface area contributed by atoms with E-state index in [0.29, 0.717) is 11.7 Å². The first-order valence-electron chi connectivity index (χ1n) is 5.82. The third-order valence-electron chi connectivity index (χ3n) is 3.92. The van der Waals surface area contributed by atoms with E-state index in [-0.39, 0.29) is 11.3 Å². The number of aromatic nitrogens is 1. The molecule has 2 N–H and O–H groups in total. The summed E-state index contributed by atoms with van der Waals surface area (Å²) in [6.07, 6.45) is 5.82. The van der Waals surface area contributed by atoms with E-state index in [4.69, 9.17) is 5.73 Å². The Hall–Kier alpha value is -1.58. The van der Waals surface area contributed by atoms with Crippen LogP contribution in [0.15, 0.2) is 12.3 Å². The van der Waals surface area contributed by atoms with Crippen LogP contribution in [0.5, 0.6) is 0 Å². The SMILES string of the molecule is Nc1cnc2c(c1)C1(CC1)C(=O)N2C1CC1. The van der Waals surface area contributed by atoms with E-state index in [1.165, 1.54) is 0 Å². The molecule has 82 valence electrons. The fourth-order valence-corrected chi connectivity index (χ4v) is 2.74. The molecule has 2 saturated carbocycles. The second-order valence-corrected chi connectivity index (χ2v) is 5.13. The first-order chi connectivity index (χ1) is 7.72. The number of nitrogens with zero attached hydrogens (tertiary/aromatic N) is 2.